The van der Waals surface area contributed by atoms with Crippen LogP contribution in [0.4, 0.5) is 10.5 Å². The maximum Gasteiger partial charge on any atom is 0.322 e. The maximum absolute atomic E-state index is 13.3. The van der Waals surface area contributed by atoms with Crippen molar-refractivity contribution in [2.45, 2.75) is 63.3 Å². The van der Waals surface area contributed by atoms with Crippen LogP contribution in [-0.2, 0) is 21.8 Å². The molecule has 0 radical (unpaired) electrons. The summed E-state index contributed by atoms with van der Waals surface area (Å²) in [5.74, 6) is 0.0605. The molecule has 1 N–H and O–H groups in total. The van der Waals surface area contributed by atoms with Crippen LogP contribution in [0.15, 0.2) is 47.5 Å². The summed E-state index contributed by atoms with van der Waals surface area (Å²) >= 11 is 0. The molecule has 3 heterocycles. The van der Waals surface area contributed by atoms with Gasteiger partial charge in [0.05, 0.1) is 39.1 Å². The van der Waals surface area contributed by atoms with Crippen molar-refractivity contribution in [3.05, 3.63) is 65.2 Å². The normalized spacial score (nSPS) is 16.4. The van der Waals surface area contributed by atoms with Crippen LogP contribution in [0, 0.1) is 13.8 Å². The number of aromatic nitrogens is 3. The zero-order valence-electron chi connectivity index (χ0n) is 20.9. The summed E-state index contributed by atoms with van der Waals surface area (Å²) in [6.45, 7) is 6.41. The molecule has 1 fully saturated rings. The number of urea groups is 1. The number of anilines is 1. The van der Waals surface area contributed by atoms with Crippen molar-refractivity contribution in [2.24, 2.45) is 0 Å². The third-order valence-electron chi connectivity index (χ3n) is 7.35. The van der Waals surface area contributed by atoms with E-state index < -0.39 is 9.84 Å². The van der Waals surface area contributed by atoms with Crippen LogP contribution >= 0.6 is 0 Å². The molecule has 3 aromatic rings. The molecule has 8 nitrogen and oxygen atoms in total. The summed E-state index contributed by atoms with van der Waals surface area (Å²) in [5, 5.41) is 3.01. The van der Waals surface area contributed by atoms with Crippen LogP contribution in [0.2, 0.25) is 0 Å². The van der Waals surface area contributed by atoms with E-state index in [1.54, 1.807) is 42.3 Å². The number of pyridine rings is 1. The smallest absolute Gasteiger partial charge is 0.322 e. The lowest BCUT2D eigenvalue weighted by atomic mass is 9.84. The van der Waals surface area contributed by atoms with E-state index in [0.717, 1.165) is 65.4 Å². The average Bonchev–Trinajstić information content (AvgIpc) is 3.48. The molecule has 0 bridgehead atoms. The molecule has 2 amide bonds. The SMILES string of the molecule is CCS(=O)(=O)c1ccc(CNC(=O)N2CC3(CCCC3)c3nc(-c4ncc(C)nc4C)ccc32)cc1. The minimum Gasteiger partial charge on any atom is -0.334 e. The second-order valence-corrected chi connectivity index (χ2v) is 12.1. The molecule has 0 saturated heterocycles. The number of fused-ring (bicyclic) bond motifs is 2. The number of nitrogens with zero attached hydrogens (tertiary/aromatic N) is 4. The van der Waals surface area contributed by atoms with E-state index in [1.165, 1.54) is 0 Å². The van der Waals surface area contributed by atoms with Gasteiger partial charge in [-0.25, -0.2) is 18.2 Å². The first-order valence-electron chi connectivity index (χ1n) is 12.4. The minimum absolute atomic E-state index is 0.0605. The standard InChI is InChI=1S/C27H31N5O3S/c1-4-36(34,35)21-9-7-20(8-10-21)16-29-26(33)32-17-27(13-5-6-14-27)25-23(32)12-11-22(31-25)24-19(3)30-18(2)15-28-24/h7-12,15H,4-6,13-14,16-17H2,1-3H3,(H,29,33). The summed E-state index contributed by atoms with van der Waals surface area (Å²) in [6.07, 6.45) is 6.01. The Morgan fingerprint density at radius 1 is 1.06 bits per heavy atom. The highest BCUT2D eigenvalue weighted by Crippen LogP contribution is 2.50. The molecule has 9 heteroatoms. The van der Waals surface area contributed by atoms with Crippen molar-refractivity contribution in [3.63, 3.8) is 0 Å². The van der Waals surface area contributed by atoms with Gasteiger partial charge in [-0.05, 0) is 56.5 Å². The zero-order chi connectivity index (χ0) is 25.5. The molecule has 0 atom stereocenters. The Balaban J connectivity index is 1.38. The van der Waals surface area contributed by atoms with Crippen molar-refractivity contribution in [3.8, 4) is 11.4 Å². The number of nitrogens with one attached hydrogen (secondary N) is 1. The fourth-order valence-electron chi connectivity index (χ4n) is 5.39. The Morgan fingerprint density at radius 2 is 1.78 bits per heavy atom. The number of benzene rings is 1. The van der Waals surface area contributed by atoms with Crippen molar-refractivity contribution in [1.82, 2.24) is 20.3 Å². The number of carbonyl (C=O) groups is 1. The minimum atomic E-state index is -3.25. The number of sulfone groups is 1. The van der Waals surface area contributed by atoms with Crippen molar-refractivity contribution < 1.29 is 13.2 Å². The quantitative estimate of drug-likeness (QED) is 0.548. The second-order valence-electron chi connectivity index (χ2n) is 9.79. The Labute approximate surface area is 212 Å². The summed E-state index contributed by atoms with van der Waals surface area (Å²) in [4.78, 5) is 29.6. The number of hydrogen-bond donors (Lipinski definition) is 1. The molecule has 1 aliphatic carbocycles. The molecule has 5 rings (SSSR count). The average molecular weight is 506 g/mol. The third-order valence-corrected chi connectivity index (χ3v) is 9.10. The van der Waals surface area contributed by atoms with Crippen LogP contribution < -0.4 is 10.2 Å². The summed E-state index contributed by atoms with van der Waals surface area (Å²) < 4.78 is 24.1. The van der Waals surface area contributed by atoms with E-state index in [2.05, 4.69) is 15.3 Å². The van der Waals surface area contributed by atoms with Gasteiger partial charge in [-0.2, -0.15) is 0 Å². The predicted molar refractivity (Wildman–Crippen MR) is 139 cm³/mol. The van der Waals surface area contributed by atoms with E-state index in [1.807, 2.05) is 26.0 Å². The van der Waals surface area contributed by atoms with Gasteiger partial charge in [-0.15, -0.1) is 0 Å². The molecule has 1 aliphatic heterocycles. The van der Waals surface area contributed by atoms with Gasteiger partial charge in [-0.3, -0.25) is 14.9 Å². The highest BCUT2D eigenvalue weighted by molar-refractivity contribution is 7.91. The van der Waals surface area contributed by atoms with Crippen LogP contribution in [0.3, 0.4) is 0 Å². The molecule has 1 aromatic carbocycles. The Kier molecular flexibility index (Phi) is 6.28. The Bertz CT molecular complexity index is 1410. The van der Waals surface area contributed by atoms with Crippen LogP contribution in [0.1, 0.15) is 55.3 Å². The van der Waals surface area contributed by atoms with Gasteiger partial charge in [0.2, 0.25) is 0 Å². The summed E-state index contributed by atoms with van der Waals surface area (Å²) in [7, 11) is -3.25. The van der Waals surface area contributed by atoms with Crippen molar-refractivity contribution >= 4 is 21.6 Å². The van der Waals surface area contributed by atoms with Crippen LogP contribution in [0.25, 0.3) is 11.4 Å². The number of carbonyl (C=O) groups excluding carboxylic acids is 1. The van der Waals surface area contributed by atoms with Gasteiger partial charge in [0.15, 0.2) is 9.84 Å². The first-order valence-corrected chi connectivity index (χ1v) is 14.1. The van der Waals surface area contributed by atoms with Crippen LogP contribution in [0.5, 0.6) is 0 Å². The summed E-state index contributed by atoms with van der Waals surface area (Å²) in [6, 6.07) is 10.4. The number of rotatable bonds is 5. The number of amides is 2. The molecule has 36 heavy (non-hydrogen) atoms. The predicted octanol–water partition coefficient (Wildman–Crippen LogP) is 4.49. The van der Waals surface area contributed by atoms with Gasteiger partial charge in [0, 0.05) is 24.7 Å². The first kappa shape index (κ1) is 24.4. The Morgan fingerprint density at radius 3 is 2.44 bits per heavy atom. The molecule has 1 saturated carbocycles. The van der Waals surface area contributed by atoms with Crippen molar-refractivity contribution in [2.75, 3.05) is 17.2 Å². The van der Waals surface area contributed by atoms with Crippen LogP contribution in [-0.4, -0.2) is 41.7 Å². The highest BCUT2D eigenvalue weighted by Gasteiger charge is 2.47. The van der Waals surface area contributed by atoms with Gasteiger partial charge >= 0.3 is 6.03 Å². The van der Waals surface area contributed by atoms with Gasteiger partial charge in [-0.1, -0.05) is 31.9 Å². The van der Waals surface area contributed by atoms with E-state index in [-0.39, 0.29) is 17.2 Å². The lowest BCUT2D eigenvalue weighted by molar-refractivity contribution is 0.245. The third kappa shape index (κ3) is 4.36. The molecule has 0 unspecified atom stereocenters. The largest absolute Gasteiger partial charge is 0.334 e. The fourth-order valence-corrected chi connectivity index (χ4v) is 6.27. The van der Waals surface area contributed by atoms with Gasteiger partial charge in [0.25, 0.3) is 0 Å². The molecule has 1 spiro atoms. The molecule has 2 aliphatic rings. The zero-order valence-corrected chi connectivity index (χ0v) is 21.7. The van der Waals surface area contributed by atoms with E-state index in [0.29, 0.717) is 18.0 Å². The summed E-state index contributed by atoms with van der Waals surface area (Å²) in [5.41, 5.74) is 5.80. The number of hydrogen-bond acceptors (Lipinski definition) is 6. The molecule has 188 valence electrons. The monoisotopic (exact) mass is 505 g/mol. The van der Waals surface area contributed by atoms with Crippen molar-refractivity contribution in [1.29, 1.82) is 0 Å². The lowest BCUT2D eigenvalue weighted by Crippen LogP contribution is -2.41. The highest BCUT2D eigenvalue weighted by atomic mass is 32.2. The lowest BCUT2D eigenvalue weighted by Gasteiger charge is -2.24. The molecular formula is C27H31N5O3S. The fraction of sp³-hybridized carbons (Fsp3) is 0.407. The van der Waals surface area contributed by atoms with E-state index in [4.69, 9.17) is 4.98 Å². The first-order chi connectivity index (χ1) is 17.2. The Hall–Kier alpha value is -3.33. The number of aryl methyl sites for hydroxylation is 2. The van der Waals surface area contributed by atoms with Gasteiger partial charge < -0.3 is 5.32 Å². The van der Waals surface area contributed by atoms with Gasteiger partial charge in [0.1, 0.15) is 5.69 Å². The molecular weight excluding hydrogens is 474 g/mol. The topological polar surface area (TPSA) is 105 Å². The van der Waals surface area contributed by atoms with E-state index >= 15 is 0 Å². The molecule has 2 aromatic heterocycles. The van der Waals surface area contributed by atoms with E-state index in [9.17, 15) is 13.2 Å². The second kappa shape index (κ2) is 9.28. The maximum atomic E-state index is 13.3.